The predicted octanol–water partition coefficient (Wildman–Crippen LogP) is 6.32. The van der Waals surface area contributed by atoms with Gasteiger partial charge in [0.05, 0.1) is 35.2 Å². The summed E-state index contributed by atoms with van der Waals surface area (Å²) in [6, 6.07) is 27.6. The van der Waals surface area contributed by atoms with Crippen LogP contribution in [0.5, 0.6) is 0 Å². The number of para-hydroxylation sites is 1. The average Bonchev–Trinajstić information content (AvgIpc) is 3.18. The second-order valence-corrected chi connectivity index (χ2v) is 9.04. The van der Waals surface area contributed by atoms with E-state index in [-0.39, 0.29) is 16.7 Å². The van der Waals surface area contributed by atoms with Crippen LogP contribution in [0.15, 0.2) is 95.5 Å². The van der Waals surface area contributed by atoms with Gasteiger partial charge in [-0.1, -0.05) is 82.7 Å². The third kappa shape index (κ3) is 4.07. The first-order valence-electron chi connectivity index (χ1n) is 11.3. The third-order valence-electron chi connectivity index (χ3n) is 6.06. The molecule has 1 aliphatic heterocycles. The number of anilines is 2. The van der Waals surface area contributed by atoms with E-state index in [2.05, 4.69) is 21.2 Å². The van der Waals surface area contributed by atoms with E-state index in [1.54, 1.807) is 36.4 Å². The van der Waals surface area contributed by atoms with Crippen molar-refractivity contribution in [1.29, 1.82) is 0 Å². The molecule has 0 saturated carbocycles. The number of amides is 2. The van der Waals surface area contributed by atoms with Crippen molar-refractivity contribution in [2.75, 3.05) is 17.3 Å². The SMILES string of the molecule is COC(=O)c1cc(-c2ccccc2Br)c(NCc2ccccc2)c2c1C(=O)N(c1ccccc1)C2=O. The van der Waals surface area contributed by atoms with Gasteiger partial charge in [0.25, 0.3) is 11.8 Å². The lowest BCUT2D eigenvalue weighted by atomic mass is 9.92. The number of hydrogen-bond donors (Lipinski definition) is 1. The Morgan fingerprint density at radius 3 is 2.11 bits per heavy atom. The summed E-state index contributed by atoms with van der Waals surface area (Å²) in [6.07, 6.45) is 0. The van der Waals surface area contributed by atoms with Crippen LogP contribution in [0.3, 0.4) is 0 Å². The molecule has 0 fully saturated rings. The zero-order chi connectivity index (χ0) is 25.2. The standard InChI is InChI=1S/C29H21BrN2O4/c1-36-29(35)22-16-21(20-14-8-9-15-23(20)30)26(31-17-18-10-4-2-5-11-18)25-24(22)27(33)32(28(25)34)19-12-6-3-7-13-19/h2-16,31H,17H2,1H3. The van der Waals surface area contributed by atoms with Crippen molar-refractivity contribution >= 4 is 45.1 Å². The van der Waals surface area contributed by atoms with E-state index in [0.29, 0.717) is 23.5 Å². The summed E-state index contributed by atoms with van der Waals surface area (Å²) >= 11 is 3.59. The number of methoxy groups -OCH3 is 1. The van der Waals surface area contributed by atoms with Crippen molar-refractivity contribution in [2.24, 2.45) is 0 Å². The van der Waals surface area contributed by atoms with Gasteiger partial charge in [0, 0.05) is 16.6 Å². The molecule has 0 saturated heterocycles. The number of nitrogens with one attached hydrogen (secondary N) is 1. The smallest absolute Gasteiger partial charge is 0.338 e. The molecule has 0 spiro atoms. The van der Waals surface area contributed by atoms with Crippen molar-refractivity contribution in [3.63, 3.8) is 0 Å². The normalized spacial score (nSPS) is 12.4. The molecule has 1 heterocycles. The van der Waals surface area contributed by atoms with Gasteiger partial charge >= 0.3 is 5.97 Å². The Labute approximate surface area is 216 Å². The van der Waals surface area contributed by atoms with Crippen molar-refractivity contribution in [1.82, 2.24) is 0 Å². The molecule has 0 atom stereocenters. The van der Waals surface area contributed by atoms with Gasteiger partial charge in [-0.2, -0.15) is 0 Å². The fourth-order valence-electron chi connectivity index (χ4n) is 4.38. The number of fused-ring (bicyclic) bond motifs is 1. The highest BCUT2D eigenvalue weighted by atomic mass is 79.9. The van der Waals surface area contributed by atoms with Gasteiger partial charge in [-0.15, -0.1) is 0 Å². The summed E-state index contributed by atoms with van der Waals surface area (Å²) in [4.78, 5) is 41.5. The highest BCUT2D eigenvalue weighted by molar-refractivity contribution is 9.10. The van der Waals surface area contributed by atoms with Crippen LogP contribution >= 0.6 is 15.9 Å². The van der Waals surface area contributed by atoms with Gasteiger partial charge < -0.3 is 10.1 Å². The molecule has 5 rings (SSSR count). The number of benzene rings is 4. The molecule has 0 aromatic heterocycles. The fraction of sp³-hybridized carbons (Fsp3) is 0.0690. The molecular weight excluding hydrogens is 520 g/mol. The van der Waals surface area contributed by atoms with Crippen LogP contribution in [0.1, 0.15) is 36.6 Å². The average molecular weight is 541 g/mol. The van der Waals surface area contributed by atoms with Gasteiger partial charge in [-0.25, -0.2) is 9.69 Å². The lowest BCUT2D eigenvalue weighted by Crippen LogP contribution is -2.29. The van der Waals surface area contributed by atoms with Gasteiger partial charge in [-0.3, -0.25) is 9.59 Å². The number of carbonyl (C=O) groups is 3. The molecule has 1 N–H and O–H groups in total. The Morgan fingerprint density at radius 2 is 1.44 bits per heavy atom. The minimum absolute atomic E-state index is 0.0297. The topological polar surface area (TPSA) is 75.7 Å². The van der Waals surface area contributed by atoms with Crippen LogP contribution in [0.2, 0.25) is 0 Å². The highest BCUT2D eigenvalue weighted by Gasteiger charge is 2.43. The molecule has 0 radical (unpaired) electrons. The first-order valence-corrected chi connectivity index (χ1v) is 12.1. The van der Waals surface area contributed by atoms with E-state index in [0.717, 1.165) is 20.5 Å². The number of halogens is 1. The molecule has 7 heteroatoms. The van der Waals surface area contributed by atoms with E-state index in [9.17, 15) is 14.4 Å². The maximum atomic E-state index is 13.9. The van der Waals surface area contributed by atoms with Crippen LogP contribution in [0.25, 0.3) is 11.1 Å². The Hall–Kier alpha value is -4.23. The fourth-order valence-corrected chi connectivity index (χ4v) is 4.88. The summed E-state index contributed by atoms with van der Waals surface area (Å²) in [7, 11) is 1.25. The number of ether oxygens (including phenoxy) is 1. The monoisotopic (exact) mass is 540 g/mol. The summed E-state index contributed by atoms with van der Waals surface area (Å²) < 4.78 is 5.80. The number of carbonyl (C=O) groups excluding carboxylic acids is 3. The first-order chi connectivity index (χ1) is 17.5. The molecule has 4 aromatic rings. The van der Waals surface area contributed by atoms with Crippen LogP contribution in [-0.4, -0.2) is 24.9 Å². The van der Waals surface area contributed by atoms with Crippen molar-refractivity contribution in [3.8, 4) is 11.1 Å². The lowest BCUT2D eigenvalue weighted by molar-refractivity contribution is 0.0597. The summed E-state index contributed by atoms with van der Waals surface area (Å²) in [5.41, 5.74) is 3.49. The van der Waals surface area contributed by atoms with Crippen molar-refractivity contribution < 1.29 is 19.1 Å². The predicted molar refractivity (Wildman–Crippen MR) is 142 cm³/mol. The Morgan fingerprint density at radius 1 is 0.833 bits per heavy atom. The number of esters is 1. The van der Waals surface area contributed by atoms with E-state index in [1.807, 2.05) is 54.6 Å². The maximum absolute atomic E-state index is 13.9. The molecule has 6 nitrogen and oxygen atoms in total. The Balaban J connectivity index is 1.77. The molecule has 36 heavy (non-hydrogen) atoms. The molecular formula is C29H21BrN2O4. The van der Waals surface area contributed by atoms with Crippen molar-refractivity contribution in [2.45, 2.75) is 6.54 Å². The summed E-state index contributed by atoms with van der Waals surface area (Å²) in [6.45, 7) is 0.412. The molecule has 2 amide bonds. The highest BCUT2D eigenvalue weighted by Crippen LogP contribution is 2.43. The molecule has 1 aliphatic rings. The zero-order valence-electron chi connectivity index (χ0n) is 19.3. The summed E-state index contributed by atoms with van der Waals surface area (Å²) in [5.74, 6) is -1.76. The molecule has 0 bridgehead atoms. The van der Waals surface area contributed by atoms with Crippen LogP contribution in [-0.2, 0) is 11.3 Å². The number of imide groups is 1. The second kappa shape index (κ2) is 9.79. The van der Waals surface area contributed by atoms with Gasteiger partial charge in [-0.05, 0) is 35.4 Å². The third-order valence-corrected chi connectivity index (χ3v) is 6.75. The van der Waals surface area contributed by atoms with E-state index < -0.39 is 17.8 Å². The summed E-state index contributed by atoms with van der Waals surface area (Å²) in [5, 5.41) is 3.39. The largest absolute Gasteiger partial charge is 0.465 e. The quantitative estimate of drug-likeness (QED) is 0.229. The maximum Gasteiger partial charge on any atom is 0.338 e. The van der Waals surface area contributed by atoms with Gasteiger partial charge in [0.1, 0.15) is 0 Å². The Bertz CT molecular complexity index is 1490. The first kappa shape index (κ1) is 23.5. The number of nitrogens with zero attached hydrogens (tertiary/aromatic N) is 1. The second-order valence-electron chi connectivity index (χ2n) is 8.19. The van der Waals surface area contributed by atoms with Crippen molar-refractivity contribution in [3.05, 3.63) is 118 Å². The van der Waals surface area contributed by atoms with Crippen LogP contribution in [0, 0.1) is 0 Å². The van der Waals surface area contributed by atoms with E-state index >= 15 is 0 Å². The van der Waals surface area contributed by atoms with E-state index in [1.165, 1.54) is 7.11 Å². The Kier molecular flexibility index (Phi) is 6.40. The number of hydrogen-bond acceptors (Lipinski definition) is 5. The molecule has 178 valence electrons. The molecule has 0 aliphatic carbocycles. The van der Waals surface area contributed by atoms with Crippen LogP contribution < -0.4 is 10.2 Å². The lowest BCUT2D eigenvalue weighted by Gasteiger charge is -2.18. The van der Waals surface area contributed by atoms with Gasteiger partial charge in [0.2, 0.25) is 0 Å². The van der Waals surface area contributed by atoms with Gasteiger partial charge in [0.15, 0.2) is 0 Å². The minimum atomic E-state index is -0.690. The molecule has 0 unspecified atom stereocenters. The molecule has 4 aromatic carbocycles. The minimum Gasteiger partial charge on any atom is -0.465 e. The van der Waals surface area contributed by atoms with Crippen LogP contribution in [0.4, 0.5) is 11.4 Å². The van der Waals surface area contributed by atoms with E-state index in [4.69, 9.17) is 4.74 Å². The number of rotatable bonds is 6. The zero-order valence-corrected chi connectivity index (χ0v) is 20.9.